The van der Waals surface area contributed by atoms with Crippen molar-refractivity contribution in [3.8, 4) is 5.69 Å². The molecule has 0 aliphatic carbocycles. The summed E-state index contributed by atoms with van der Waals surface area (Å²) in [5.74, 6) is 0.0698. The number of carbonyl (C=O) groups excluding carboxylic acids is 1. The number of nitrogens with one attached hydrogen (secondary N) is 1. The van der Waals surface area contributed by atoms with Crippen molar-refractivity contribution in [3.63, 3.8) is 0 Å². The average molecular weight is 419 g/mol. The molecule has 2 atom stereocenters. The minimum Gasteiger partial charge on any atom is -0.387 e. The van der Waals surface area contributed by atoms with Gasteiger partial charge >= 0.3 is 0 Å². The summed E-state index contributed by atoms with van der Waals surface area (Å²) in [4.78, 5) is 15.1. The van der Waals surface area contributed by atoms with E-state index in [1.165, 1.54) is 0 Å². The van der Waals surface area contributed by atoms with E-state index in [1.54, 1.807) is 4.68 Å². The molecule has 0 spiro atoms. The van der Waals surface area contributed by atoms with E-state index >= 15 is 0 Å². The molecule has 1 aliphatic heterocycles. The van der Waals surface area contributed by atoms with Gasteiger partial charge in [-0.1, -0.05) is 48.5 Å². The Labute approximate surface area is 183 Å². The second-order valence-corrected chi connectivity index (χ2v) is 8.09. The fourth-order valence-electron chi connectivity index (χ4n) is 4.30. The summed E-state index contributed by atoms with van der Waals surface area (Å²) in [6, 6.07) is 19.7. The van der Waals surface area contributed by atoms with Crippen LogP contribution in [0.15, 0.2) is 66.9 Å². The van der Waals surface area contributed by atoms with Crippen LogP contribution in [0.4, 0.5) is 0 Å². The minimum absolute atomic E-state index is 0.0823. The van der Waals surface area contributed by atoms with Crippen molar-refractivity contribution in [2.75, 3.05) is 26.2 Å². The van der Waals surface area contributed by atoms with Crippen LogP contribution in [0.2, 0.25) is 0 Å². The number of piperidine rings is 1. The van der Waals surface area contributed by atoms with Crippen LogP contribution in [0.1, 0.15) is 53.4 Å². The number of hydrogen-bond acceptors (Lipinski definition) is 4. The number of aliphatic hydroxyl groups excluding tert-OH is 1. The lowest BCUT2D eigenvalue weighted by Gasteiger charge is -2.33. The van der Waals surface area contributed by atoms with Crippen molar-refractivity contribution in [2.24, 2.45) is 0 Å². The minimum atomic E-state index is -0.523. The molecular weight excluding hydrogens is 388 g/mol. The molecule has 0 unspecified atom stereocenters. The lowest BCUT2D eigenvalue weighted by Crippen LogP contribution is -2.38. The maximum Gasteiger partial charge on any atom is 0.254 e. The summed E-state index contributed by atoms with van der Waals surface area (Å²) in [6.07, 6.45) is 3.31. The number of carbonyl (C=O) groups is 1. The van der Waals surface area contributed by atoms with Crippen LogP contribution >= 0.6 is 0 Å². The molecule has 3 aromatic rings. The number of aliphatic hydroxyl groups is 1. The smallest absolute Gasteiger partial charge is 0.254 e. The third-order valence-electron chi connectivity index (χ3n) is 5.85. The molecule has 0 radical (unpaired) electrons. The van der Waals surface area contributed by atoms with E-state index in [0.29, 0.717) is 18.7 Å². The maximum atomic E-state index is 12.8. The van der Waals surface area contributed by atoms with Crippen molar-refractivity contribution >= 4 is 5.91 Å². The molecule has 1 amide bonds. The van der Waals surface area contributed by atoms with Crippen molar-refractivity contribution in [1.29, 1.82) is 0 Å². The first kappa shape index (κ1) is 21.3. The van der Waals surface area contributed by atoms with Gasteiger partial charge in [0.15, 0.2) is 0 Å². The summed E-state index contributed by atoms with van der Waals surface area (Å²) >= 11 is 0. The first-order valence-corrected chi connectivity index (χ1v) is 11.0. The third-order valence-corrected chi connectivity index (χ3v) is 5.85. The van der Waals surface area contributed by atoms with Gasteiger partial charge in [-0.25, -0.2) is 4.68 Å². The van der Waals surface area contributed by atoms with Crippen LogP contribution < -0.4 is 5.32 Å². The fraction of sp³-hybridized carbons (Fsp3) is 0.360. The normalized spacial score (nSPS) is 17.9. The second-order valence-electron chi connectivity index (χ2n) is 8.09. The summed E-state index contributed by atoms with van der Waals surface area (Å²) < 4.78 is 1.80. The van der Waals surface area contributed by atoms with Crippen molar-refractivity contribution in [3.05, 3.63) is 83.7 Å². The number of likely N-dealkylation sites (tertiary alicyclic amines) is 1. The Morgan fingerprint density at radius 1 is 1.16 bits per heavy atom. The molecule has 1 saturated heterocycles. The number of amides is 1. The summed E-state index contributed by atoms with van der Waals surface area (Å²) in [6.45, 7) is 4.80. The van der Waals surface area contributed by atoms with Gasteiger partial charge < -0.3 is 10.4 Å². The topological polar surface area (TPSA) is 70.4 Å². The number of hydrogen-bond donors (Lipinski definition) is 2. The Balaban J connectivity index is 1.55. The predicted octanol–water partition coefficient (Wildman–Crippen LogP) is 3.54. The van der Waals surface area contributed by atoms with Gasteiger partial charge in [0.2, 0.25) is 0 Å². The van der Waals surface area contributed by atoms with E-state index in [4.69, 9.17) is 5.10 Å². The Morgan fingerprint density at radius 2 is 1.87 bits per heavy atom. The highest BCUT2D eigenvalue weighted by atomic mass is 16.3. The number of benzene rings is 2. The lowest BCUT2D eigenvalue weighted by atomic mass is 9.92. The molecule has 2 N–H and O–H groups in total. The molecule has 2 aromatic carbocycles. The molecule has 6 nitrogen and oxygen atoms in total. The molecule has 6 heteroatoms. The summed E-state index contributed by atoms with van der Waals surface area (Å²) in [7, 11) is 0. The van der Waals surface area contributed by atoms with Gasteiger partial charge in [-0.3, -0.25) is 9.69 Å². The Morgan fingerprint density at radius 3 is 2.58 bits per heavy atom. The van der Waals surface area contributed by atoms with Crippen molar-refractivity contribution in [2.45, 2.75) is 31.8 Å². The van der Waals surface area contributed by atoms with Crippen LogP contribution in [0.5, 0.6) is 0 Å². The van der Waals surface area contributed by atoms with E-state index in [-0.39, 0.29) is 11.8 Å². The zero-order valence-corrected chi connectivity index (χ0v) is 17.9. The van der Waals surface area contributed by atoms with E-state index < -0.39 is 6.10 Å². The molecule has 162 valence electrons. The number of aromatic nitrogens is 2. The molecule has 0 saturated carbocycles. The molecule has 1 aliphatic rings. The zero-order valence-electron chi connectivity index (χ0n) is 17.9. The number of β-amino-alcohol motifs (C(OH)–C–C–N with tert-alkyl or cyclic N) is 1. The molecular formula is C25H30N4O2. The van der Waals surface area contributed by atoms with Crippen molar-refractivity contribution in [1.82, 2.24) is 20.0 Å². The standard InChI is InChI=1S/C25H30N4O2/c1-2-26-25(31)22-17-29(21-13-7-4-8-14-21)27-24(22)20-12-9-15-28(16-20)18-23(30)19-10-5-3-6-11-19/h3-8,10-11,13-14,17,20,23,30H,2,9,12,15-16,18H2,1H3,(H,26,31)/t20-,23+/m0/s1. The van der Waals surface area contributed by atoms with Crippen LogP contribution in [0.3, 0.4) is 0 Å². The highest BCUT2D eigenvalue weighted by molar-refractivity contribution is 5.95. The van der Waals surface area contributed by atoms with Crippen LogP contribution in [0.25, 0.3) is 5.69 Å². The second kappa shape index (κ2) is 9.90. The van der Waals surface area contributed by atoms with Gasteiger partial charge in [-0.05, 0) is 44.0 Å². The van der Waals surface area contributed by atoms with Crippen LogP contribution in [0, 0.1) is 0 Å². The van der Waals surface area contributed by atoms with Gasteiger partial charge in [-0.15, -0.1) is 0 Å². The number of para-hydroxylation sites is 1. The van der Waals surface area contributed by atoms with Gasteiger partial charge in [0.1, 0.15) is 0 Å². The third kappa shape index (κ3) is 5.03. The first-order chi connectivity index (χ1) is 15.2. The monoisotopic (exact) mass is 418 g/mol. The van der Waals surface area contributed by atoms with Crippen molar-refractivity contribution < 1.29 is 9.90 Å². The van der Waals surface area contributed by atoms with E-state index in [1.807, 2.05) is 73.8 Å². The van der Waals surface area contributed by atoms with Crippen LogP contribution in [-0.2, 0) is 0 Å². The maximum absolute atomic E-state index is 12.8. The molecule has 1 fully saturated rings. The quantitative estimate of drug-likeness (QED) is 0.616. The zero-order chi connectivity index (χ0) is 21.6. The highest BCUT2D eigenvalue weighted by Crippen LogP contribution is 2.30. The molecule has 31 heavy (non-hydrogen) atoms. The fourth-order valence-corrected chi connectivity index (χ4v) is 4.30. The summed E-state index contributed by atoms with van der Waals surface area (Å²) in [5.41, 5.74) is 3.35. The summed E-state index contributed by atoms with van der Waals surface area (Å²) in [5, 5.41) is 18.4. The first-order valence-electron chi connectivity index (χ1n) is 11.0. The molecule has 4 rings (SSSR count). The van der Waals surface area contributed by atoms with E-state index in [0.717, 1.165) is 42.9 Å². The molecule has 0 bridgehead atoms. The SMILES string of the molecule is CCNC(=O)c1cn(-c2ccccc2)nc1[C@H]1CCCN(C[C@@H](O)c2ccccc2)C1. The van der Waals surface area contributed by atoms with E-state index in [9.17, 15) is 9.90 Å². The largest absolute Gasteiger partial charge is 0.387 e. The Bertz CT molecular complexity index is 987. The van der Waals surface area contributed by atoms with Crippen LogP contribution in [-0.4, -0.2) is 51.9 Å². The predicted molar refractivity (Wildman–Crippen MR) is 121 cm³/mol. The molecule has 2 heterocycles. The van der Waals surface area contributed by atoms with Gasteiger partial charge in [0, 0.05) is 31.7 Å². The Hall–Kier alpha value is -2.96. The van der Waals surface area contributed by atoms with Gasteiger partial charge in [0.05, 0.1) is 23.0 Å². The van der Waals surface area contributed by atoms with Gasteiger partial charge in [0.25, 0.3) is 5.91 Å². The number of nitrogens with zero attached hydrogens (tertiary/aromatic N) is 3. The number of rotatable bonds is 7. The highest BCUT2D eigenvalue weighted by Gasteiger charge is 2.29. The van der Waals surface area contributed by atoms with E-state index in [2.05, 4.69) is 10.2 Å². The average Bonchev–Trinajstić information content (AvgIpc) is 3.26. The molecule has 1 aromatic heterocycles. The lowest BCUT2D eigenvalue weighted by molar-refractivity contribution is 0.0923. The Kier molecular flexibility index (Phi) is 6.79. The van der Waals surface area contributed by atoms with Gasteiger partial charge in [-0.2, -0.15) is 5.10 Å².